The number of hydrogen-bond acceptors (Lipinski definition) is 3. The van der Waals surface area contributed by atoms with Gasteiger partial charge in [-0.05, 0) is 31.0 Å². The lowest BCUT2D eigenvalue weighted by Gasteiger charge is -2.27. The molecule has 116 valence electrons. The molecule has 0 bridgehead atoms. The van der Waals surface area contributed by atoms with Crippen LogP contribution in [0.15, 0.2) is 18.2 Å². The average Bonchev–Trinajstić information content (AvgIpc) is 3.22. The molecule has 1 saturated carbocycles. The zero-order chi connectivity index (χ0) is 15.6. The minimum atomic E-state index is -4.44. The van der Waals surface area contributed by atoms with Gasteiger partial charge in [-0.15, -0.1) is 0 Å². The van der Waals surface area contributed by atoms with Crippen molar-refractivity contribution in [3.63, 3.8) is 0 Å². The Morgan fingerprint density at radius 3 is 2.57 bits per heavy atom. The first kappa shape index (κ1) is 15.6. The number of anilines is 1. The number of ether oxygens (including phenoxy) is 1. The van der Waals surface area contributed by atoms with E-state index in [-0.39, 0.29) is 17.4 Å². The number of nitrogens with one attached hydrogen (secondary N) is 1. The Hall–Kier alpha value is -1.76. The Bertz CT molecular complexity index is 527. The van der Waals surface area contributed by atoms with Gasteiger partial charge in [-0.1, -0.05) is 0 Å². The number of nitrogens with zero attached hydrogens (tertiary/aromatic N) is 1. The lowest BCUT2D eigenvalue weighted by Crippen LogP contribution is -2.32. The zero-order valence-corrected chi connectivity index (χ0v) is 11.7. The third kappa shape index (κ3) is 3.66. The molecule has 3 N–H and O–H groups in total. The van der Waals surface area contributed by atoms with Gasteiger partial charge in [0.1, 0.15) is 5.84 Å². The molecule has 0 spiro atoms. The van der Waals surface area contributed by atoms with Crippen LogP contribution in [0.2, 0.25) is 0 Å². The minimum Gasteiger partial charge on any atom is -0.384 e. The number of nitrogens with two attached hydrogens (primary N) is 1. The number of hydrogen-bond donors (Lipinski definition) is 2. The van der Waals surface area contributed by atoms with Crippen LogP contribution in [-0.4, -0.2) is 32.1 Å². The standard InChI is InChI=1S/C14H18F3N3O/c1-21-7-6-20(10-3-4-10)12-5-2-9(14(15,16)17)8-11(12)13(18)19/h2,5,8,10H,3-4,6-7H2,1H3,(H3,18,19). The van der Waals surface area contributed by atoms with E-state index in [1.165, 1.54) is 6.07 Å². The predicted octanol–water partition coefficient (Wildman–Crippen LogP) is 2.60. The Morgan fingerprint density at radius 2 is 2.10 bits per heavy atom. The first-order chi connectivity index (χ1) is 9.84. The molecule has 1 aliphatic carbocycles. The molecule has 0 unspecified atom stereocenters. The van der Waals surface area contributed by atoms with Crippen molar-refractivity contribution in [1.29, 1.82) is 5.41 Å². The van der Waals surface area contributed by atoms with Crippen molar-refractivity contribution >= 4 is 11.5 Å². The van der Waals surface area contributed by atoms with E-state index in [9.17, 15) is 13.2 Å². The number of halogens is 3. The van der Waals surface area contributed by atoms with Gasteiger partial charge in [0, 0.05) is 30.9 Å². The summed E-state index contributed by atoms with van der Waals surface area (Å²) >= 11 is 0. The maximum absolute atomic E-state index is 12.8. The molecule has 0 saturated heterocycles. The van der Waals surface area contributed by atoms with Crippen LogP contribution in [0.4, 0.5) is 18.9 Å². The van der Waals surface area contributed by atoms with Crippen LogP contribution in [0.1, 0.15) is 24.0 Å². The van der Waals surface area contributed by atoms with E-state index in [2.05, 4.69) is 0 Å². The van der Waals surface area contributed by atoms with E-state index in [1.807, 2.05) is 4.90 Å². The van der Waals surface area contributed by atoms with Gasteiger partial charge in [0.05, 0.1) is 12.2 Å². The maximum atomic E-state index is 12.8. The second-order valence-electron chi connectivity index (χ2n) is 5.06. The normalized spacial score (nSPS) is 15.0. The Morgan fingerprint density at radius 1 is 1.43 bits per heavy atom. The molecule has 1 fully saturated rings. The molecule has 0 heterocycles. The highest BCUT2D eigenvalue weighted by atomic mass is 19.4. The van der Waals surface area contributed by atoms with E-state index in [0.29, 0.717) is 18.8 Å². The highest BCUT2D eigenvalue weighted by Gasteiger charge is 2.34. The maximum Gasteiger partial charge on any atom is 0.416 e. The fourth-order valence-electron chi connectivity index (χ4n) is 2.25. The van der Waals surface area contributed by atoms with Gasteiger partial charge in [0.15, 0.2) is 0 Å². The van der Waals surface area contributed by atoms with Crippen molar-refractivity contribution in [3.05, 3.63) is 29.3 Å². The van der Waals surface area contributed by atoms with Crippen LogP contribution in [0, 0.1) is 5.41 Å². The average molecular weight is 301 g/mol. The lowest BCUT2D eigenvalue weighted by molar-refractivity contribution is -0.137. The first-order valence-corrected chi connectivity index (χ1v) is 6.66. The number of amidine groups is 1. The monoisotopic (exact) mass is 301 g/mol. The summed E-state index contributed by atoms with van der Waals surface area (Å²) in [5.74, 6) is -0.362. The fraction of sp³-hybridized carbons (Fsp3) is 0.500. The molecule has 0 amide bonds. The van der Waals surface area contributed by atoms with E-state index in [1.54, 1.807) is 7.11 Å². The van der Waals surface area contributed by atoms with Crippen LogP contribution in [-0.2, 0) is 10.9 Å². The van der Waals surface area contributed by atoms with E-state index in [4.69, 9.17) is 15.9 Å². The minimum absolute atomic E-state index is 0.118. The molecule has 0 radical (unpaired) electrons. The van der Waals surface area contributed by atoms with Crippen molar-refractivity contribution in [1.82, 2.24) is 0 Å². The Balaban J connectivity index is 2.39. The molecular formula is C14H18F3N3O. The molecule has 1 aliphatic rings. The van der Waals surface area contributed by atoms with E-state index < -0.39 is 11.7 Å². The number of rotatable bonds is 6. The van der Waals surface area contributed by atoms with Gasteiger partial charge >= 0.3 is 6.18 Å². The van der Waals surface area contributed by atoms with Crippen molar-refractivity contribution in [3.8, 4) is 0 Å². The predicted molar refractivity (Wildman–Crippen MR) is 74.7 cm³/mol. The molecule has 21 heavy (non-hydrogen) atoms. The molecule has 2 rings (SSSR count). The SMILES string of the molecule is COCCN(c1ccc(C(F)(F)F)cc1C(=N)N)C1CC1. The summed E-state index contributed by atoms with van der Waals surface area (Å²) < 4.78 is 43.4. The summed E-state index contributed by atoms with van der Waals surface area (Å²) in [6.45, 7) is 1.03. The second kappa shape index (κ2) is 5.93. The van der Waals surface area contributed by atoms with E-state index in [0.717, 1.165) is 25.0 Å². The molecule has 4 nitrogen and oxygen atoms in total. The third-order valence-electron chi connectivity index (χ3n) is 3.45. The smallest absolute Gasteiger partial charge is 0.384 e. The van der Waals surface area contributed by atoms with Crippen LogP contribution in [0.25, 0.3) is 0 Å². The molecule has 0 atom stereocenters. The summed E-state index contributed by atoms with van der Waals surface area (Å²) in [7, 11) is 1.57. The molecular weight excluding hydrogens is 283 g/mol. The molecule has 0 aromatic heterocycles. The van der Waals surface area contributed by atoms with Crippen LogP contribution >= 0.6 is 0 Å². The van der Waals surface area contributed by atoms with Gasteiger partial charge in [-0.3, -0.25) is 5.41 Å². The highest BCUT2D eigenvalue weighted by Crippen LogP contribution is 2.36. The Kier molecular flexibility index (Phi) is 4.41. The first-order valence-electron chi connectivity index (χ1n) is 6.66. The van der Waals surface area contributed by atoms with Gasteiger partial charge in [-0.2, -0.15) is 13.2 Å². The fourth-order valence-corrected chi connectivity index (χ4v) is 2.25. The number of nitrogen functional groups attached to an aromatic ring is 1. The Labute approximate surface area is 121 Å². The van der Waals surface area contributed by atoms with Gasteiger partial charge < -0.3 is 15.4 Å². The number of methoxy groups -OCH3 is 1. The number of benzene rings is 1. The molecule has 1 aromatic rings. The zero-order valence-electron chi connectivity index (χ0n) is 11.7. The van der Waals surface area contributed by atoms with Gasteiger partial charge in [-0.25, -0.2) is 0 Å². The van der Waals surface area contributed by atoms with Gasteiger partial charge in [0.2, 0.25) is 0 Å². The summed E-state index contributed by atoms with van der Waals surface area (Å²) in [6.07, 6.45) is -2.47. The third-order valence-corrected chi connectivity index (χ3v) is 3.45. The largest absolute Gasteiger partial charge is 0.416 e. The summed E-state index contributed by atoms with van der Waals surface area (Å²) in [5.41, 5.74) is 5.36. The summed E-state index contributed by atoms with van der Waals surface area (Å²) in [6, 6.07) is 3.66. The number of alkyl halides is 3. The van der Waals surface area contributed by atoms with E-state index >= 15 is 0 Å². The lowest BCUT2D eigenvalue weighted by atomic mass is 10.1. The topological polar surface area (TPSA) is 62.3 Å². The highest BCUT2D eigenvalue weighted by molar-refractivity contribution is 6.00. The quantitative estimate of drug-likeness (QED) is 0.627. The van der Waals surface area contributed by atoms with Crippen molar-refractivity contribution in [2.45, 2.75) is 25.1 Å². The van der Waals surface area contributed by atoms with Gasteiger partial charge in [0.25, 0.3) is 0 Å². The summed E-state index contributed by atoms with van der Waals surface area (Å²) in [4.78, 5) is 1.97. The molecule has 0 aliphatic heterocycles. The van der Waals surface area contributed by atoms with Crippen LogP contribution in [0.5, 0.6) is 0 Å². The second-order valence-corrected chi connectivity index (χ2v) is 5.06. The van der Waals surface area contributed by atoms with Crippen LogP contribution < -0.4 is 10.6 Å². The van der Waals surface area contributed by atoms with Crippen LogP contribution in [0.3, 0.4) is 0 Å². The molecule has 1 aromatic carbocycles. The van der Waals surface area contributed by atoms with Crippen molar-refractivity contribution < 1.29 is 17.9 Å². The van der Waals surface area contributed by atoms with Crippen molar-refractivity contribution in [2.75, 3.05) is 25.2 Å². The van der Waals surface area contributed by atoms with Crippen molar-refractivity contribution in [2.24, 2.45) is 5.73 Å². The summed E-state index contributed by atoms with van der Waals surface area (Å²) in [5, 5.41) is 7.56. The molecule has 7 heteroatoms.